The van der Waals surface area contributed by atoms with E-state index in [0.29, 0.717) is 5.75 Å². The van der Waals surface area contributed by atoms with Gasteiger partial charge in [-0.3, -0.25) is 4.79 Å². The van der Waals surface area contributed by atoms with E-state index in [1.165, 1.54) is 0 Å². The summed E-state index contributed by atoms with van der Waals surface area (Å²) in [6, 6.07) is 3.85. The molecule has 1 heterocycles. The molecule has 2 atom stereocenters. The van der Waals surface area contributed by atoms with Gasteiger partial charge < -0.3 is 10.4 Å². The lowest BCUT2D eigenvalue weighted by atomic mass is 9.80. The number of rotatable bonds is 2. The van der Waals surface area contributed by atoms with E-state index in [1.807, 2.05) is 13.0 Å². The lowest BCUT2D eigenvalue weighted by Crippen LogP contribution is -2.33. The van der Waals surface area contributed by atoms with Gasteiger partial charge in [0.2, 0.25) is 0 Å². The van der Waals surface area contributed by atoms with Crippen molar-refractivity contribution in [3.63, 3.8) is 0 Å². The molecule has 2 rings (SSSR count). The van der Waals surface area contributed by atoms with Crippen LogP contribution in [0.2, 0.25) is 0 Å². The number of aryl methyl sites for hydroxylation is 1. The van der Waals surface area contributed by atoms with Gasteiger partial charge in [0, 0.05) is 12.8 Å². The molecule has 1 aromatic carbocycles. The Labute approximate surface area is 121 Å². The van der Waals surface area contributed by atoms with Gasteiger partial charge >= 0.3 is 0 Å². The SMILES string of the molecule is [CH2]C(=O)[C@H]1NCCC1c1cc(C)c(O)c(C(C)(C)C)c1. The minimum Gasteiger partial charge on any atom is -0.507 e. The van der Waals surface area contributed by atoms with E-state index in [9.17, 15) is 9.90 Å². The molecule has 0 amide bonds. The summed E-state index contributed by atoms with van der Waals surface area (Å²) in [7, 11) is 0. The largest absolute Gasteiger partial charge is 0.507 e. The molecule has 1 saturated heterocycles. The van der Waals surface area contributed by atoms with Gasteiger partial charge in [0.15, 0.2) is 5.78 Å². The van der Waals surface area contributed by atoms with Crippen LogP contribution >= 0.6 is 0 Å². The maximum atomic E-state index is 11.6. The number of nitrogens with one attached hydrogen (secondary N) is 1. The van der Waals surface area contributed by atoms with Gasteiger partial charge in [0.25, 0.3) is 0 Å². The highest BCUT2D eigenvalue weighted by atomic mass is 16.3. The van der Waals surface area contributed by atoms with Crippen molar-refractivity contribution >= 4 is 5.78 Å². The van der Waals surface area contributed by atoms with Gasteiger partial charge in [-0.1, -0.05) is 32.9 Å². The van der Waals surface area contributed by atoms with E-state index in [0.717, 1.165) is 29.7 Å². The molecule has 1 fully saturated rings. The molecule has 1 aliphatic heterocycles. The molecule has 0 bridgehead atoms. The Morgan fingerprint density at radius 3 is 2.60 bits per heavy atom. The molecule has 109 valence electrons. The minimum atomic E-state index is -0.202. The lowest BCUT2D eigenvalue weighted by Gasteiger charge is -2.25. The summed E-state index contributed by atoms with van der Waals surface area (Å²) >= 11 is 0. The van der Waals surface area contributed by atoms with Crippen LogP contribution in [0, 0.1) is 13.8 Å². The fourth-order valence-electron chi connectivity index (χ4n) is 2.99. The van der Waals surface area contributed by atoms with Crippen molar-refractivity contribution in [1.82, 2.24) is 5.32 Å². The van der Waals surface area contributed by atoms with Gasteiger partial charge in [-0.05, 0) is 42.0 Å². The smallest absolute Gasteiger partial charge is 0.150 e. The quantitative estimate of drug-likeness (QED) is 0.872. The van der Waals surface area contributed by atoms with Crippen molar-refractivity contribution in [2.24, 2.45) is 0 Å². The number of carbonyl (C=O) groups is 1. The molecule has 20 heavy (non-hydrogen) atoms. The third-order valence-electron chi connectivity index (χ3n) is 4.13. The Bertz CT molecular complexity index is 529. The molecule has 3 heteroatoms. The molecular formula is C17H24NO2. The van der Waals surface area contributed by atoms with Crippen LogP contribution in [0.5, 0.6) is 5.75 Å². The standard InChI is InChI=1S/C17H24NO2/c1-10-8-12(9-14(16(10)20)17(3,4)5)13-6-7-18-15(13)11(2)19/h8-9,13,15,18,20H,2,6-7H2,1,3-5H3/t13?,15-/m1/s1. The Balaban J connectivity index is 2.48. The normalized spacial score (nSPS) is 23.1. The molecule has 1 radical (unpaired) electrons. The maximum absolute atomic E-state index is 11.6. The number of ketones is 1. The Hall–Kier alpha value is -1.35. The molecule has 2 N–H and O–H groups in total. The average Bonchev–Trinajstić information content (AvgIpc) is 2.80. The van der Waals surface area contributed by atoms with Crippen molar-refractivity contribution in [3.8, 4) is 5.75 Å². The van der Waals surface area contributed by atoms with Crippen molar-refractivity contribution in [1.29, 1.82) is 0 Å². The monoisotopic (exact) mass is 274 g/mol. The van der Waals surface area contributed by atoms with Gasteiger partial charge in [-0.15, -0.1) is 0 Å². The van der Waals surface area contributed by atoms with Crippen LogP contribution < -0.4 is 5.32 Å². The Kier molecular flexibility index (Phi) is 3.92. The molecule has 0 aromatic heterocycles. The van der Waals surface area contributed by atoms with E-state index in [4.69, 9.17) is 0 Å². The highest BCUT2D eigenvalue weighted by Gasteiger charge is 2.33. The summed E-state index contributed by atoms with van der Waals surface area (Å²) in [5.74, 6) is 0.459. The number of aromatic hydroxyl groups is 1. The van der Waals surface area contributed by atoms with E-state index < -0.39 is 0 Å². The van der Waals surface area contributed by atoms with Crippen molar-refractivity contribution in [3.05, 3.63) is 35.7 Å². The molecule has 1 aromatic rings. The number of Topliss-reactive ketones (excluding diaryl/α,β-unsaturated/α-hetero) is 1. The first-order chi connectivity index (χ1) is 9.21. The van der Waals surface area contributed by atoms with Crippen LogP contribution in [0.1, 0.15) is 49.8 Å². The summed E-state index contributed by atoms with van der Waals surface area (Å²) in [4.78, 5) is 11.6. The first kappa shape index (κ1) is 15.0. The highest BCUT2D eigenvalue weighted by molar-refractivity contribution is 5.89. The first-order valence-corrected chi connectivity index (χ1v) is 7.15. The van der Waals surface area contributed by atoms with Crippen molar-refractivity contribution in [2.75, 3.05) is 6.54 Å². The number of phenolic OH excluding ortho intramolecular Hbond substituents is 1. The number of hydrogen-bond donors (Lipinski definition) is 2. The molecule has 0 spiro atoms. The molecule has 0 saturated carbocycles. The summed E-state index contributed by atoms with van der Waals surface area (Å²) < 4.78 is 0. The zero-order valence-electron chi connectivity index (χ0n) is 12.8. The molecule has 3 nitrogen and oxygen atoms in total. The fraction of sp³-hybridized carbons (Fsp3) is 0.529. The van der Waals surface area contributed by atoms with Crippen molar-refractivity contribution in [2.45, 2.75) is 51.5 Å². The first-order valence-electron chi connectivity index (χ1n) is 7.15. The zero-order valence-corrected chi connectivity index (χ0v) is 12.8. The topological polar surface area (TPSA) is 49.3 Å². The summed E-state index contributed by atoms with van der Waals surface area (Å²) in [6.45, 7) is 12.6. The second-order valence-corrected chi connectivity index (χ2v) is 6.78. The molecule has 1 unspecified atom stereocenters. The fourth-order valence-corrected chi connectivity index (χ4v) is 2.99. The van der Waals surface area contributed by atoms with Crippen LogP contribution in [0.4, 0.5) is 0 Å². The predicted molar refractivity (Wildman–Crippen MR) is 81.1 cm³/mol. The third kappa shape index (κ3) is 2.73. The van der Waals surface area contributed by atoms with E-state index in [-0.39, 0.29) is 23.2 Å². The predicted octanol–water partition coefficient (Wildman–Crippen LogP) is 2.85. The van der Waals surface area contributed by atoms with E-state index in [2.05, 4.69) is 39.1 Å². The molecule has 1 aliphatic rings. The van der Waals surface area contributed by atoms with Crippen LogP contribution in [-0.4, -0.2) is 23.5 Å². The summed E-state index contributed by atoms with van der Waals surface area (Å²) in [6.07, 6.45) is 0.930. The maximum Gasteiger partial charge on any atom is 0.150 e. The summed E-state index contributed by atoms with van der Waals surface area (Å²) in [5.41, 5.74) is 2.81. The van der Waals surface area contributed by atoms with Crippen LogP contribution in [0.3, 0.4) is 0 Å². The second kappa shape index (κ2) is 5.21. The van der Waals surface area contributed by atoms with Gasteiger partial charge in [-0.2, -0.15) is 0 Å². The van der Waals surface area contributed by atoms with Crippen LogP contribution in [0.25, 0.3) is 0 Å². The van der Waals surface area contributed by atoms with Crippen LogP contribution in [-0.2, 0) is 10.2 Å². The summed E-state index contributed by atoms with van der Waals surface area (Å²) in [5, 5.41) is 13.5. The zero-order chi connectivity index (χ0) is 15.1. The highest BCUT2D eigenvalue weighted by Crippen LogP contribution is 2.38. The second-order valence-electron chi connectivity index (χ2n) is 6.78. The number of benzene rings is 1. The van der Waals surface area contributed by atoms with Gasteiger partial charge in [-0.25, -0.2) is 0 Å². The third-order valence-corrected chi connectivity index (χ3v) is 4.13. The Morgan fingerprint density at radius 2 is 2.05 bits per heavy atom. The van der Waals surface area contributed by atoms with E-state index in [1.54, 1.807) is 0 Å². The van der Waals surface area contributed by atoms with Crippen molar-refractivity contribution < 1.29 is 9.90 Å². The Morgan fingerprint density at radius 1 is 1.40 bits per heavy atom. The molecular weight excluding hydrogens is 250 g/mol. The average molecular weight is 274 g/mol. The van der Waals surface area contributed by atoms with Gasteiger partial charge in [0.05, 0.1) is 6.04 Å². The number of hydrogen-bond acceptors (Lipinski definition) is 3. The number of carbonyl (C=O) groups excluding carboxylic acids is 1. The van der Waals surface area contributed by atoms with Gasteiger partial charge in [0.1, 0.15) is 5.75 Å². The van der Waals surface area contributed by atoms with E-state index >= 15 is 0 Å². The number of phenols is 1. The molecule has 0 aliphatic carbocycles. The minimum absolute atomic E-state index is 0.0597. The lowest BCUT2D eigenvalue weighted by molar-refractivity contribution is -0.116. The van der Waals surface area contributed by atoms with Crippen LogP contribution in [0.15, 0.2) is 12.1 Å².